The molecule has 1 N–H and O–H groups in total. The monoisotopic (exact) mass is 235 g/mol. The van der Waals surface area contributed by atoms with Crippen molar-refractivity contribution in [2.24, 2.45) is 0 Å². The average Bonchev–Trinajstić information content (AvgIpc) is 2.32. The van der Waals surface area contributed by atoms with Gasteiger partial charge in [0.05, 0.1) is 6.10 Å². The maximum atomic E-state index is 5.83. The second-order valence-electron chi connectivity index (χ2n) is 4.75. The third-order valence-electron chi connectivity index (χ3n) is 2.99. The molecule has 0 fully saturated rings. The second kappa shape index (κ2) is 7.33. The predicted molar refractivity (Wildman–Crippen MR) is 73.7 cm³/mol. The largest absolute Gasteiger partial charge is 0.491 e. The first-order valence-corrected chi connectivity index (χ1v) is 6.58. The normalized spacial score (nSPS) is 14.4. The van der Waals surface area contributed by atoms with Crippen LogP contribution in [0.5, 0.6) is 5.75 Å². The molecule has 96 valence electrons. The summed E-state index contributed by atoms with van der Waals surface area (Å²) in [6, 6.07) is 8.97. The third kappa shape index (κ3) is 5.22. The van der Waals surface area contributed by atoms with Crippen LogP contribution in [0.3, 0.4) is 0 Å². The van der Waals surface area contributed by atoms with Crippen LogP contribution in [0, 0.1) is 0 Å². The van der Waals surface area contributed by atoms with E-state index in [2.05, 4.69) is 50.4 Å². The van der Waals surface area contributed by atoms with E-state index in [1.165, 1.54) is 12.0 Å². The zero-order chi connectivity index (χ0) is 12.7. The fraction of sp³-hybridized carbons (Fsp3) is 0.600. The summed E-state index contributed by atoms with van der Waals surface area (Å²) in [6.45, 7) is 6.50. The van der Waals surface area contributed by atoms with Crippen molar-refractivity contribution in [1.82, 2.24) is 5.32 Å². The molecule has 0 aliphatic heterocycles. The molecule has 1 aromatic carbocycles. The van der Waals surface area contributed by atoms with Gasteiger partial charge < -0.3 is 10.1 Å². The van der Waals surface area contributed by atoms with Gasteiger partial charge in [-0.15, -0.1) is 0 Å². The summed E-state index contributed by atoms with van der Waals surface area (Å²) in [4.78, 5) is 0. The minimum atomic E-state index is 0.307. The van der Waals surface area contributed by atoms with Crippen molar-refractivity contribution in [2.45, 2.75) is 52.2 Å². The van der Waals surface area contributed by atoms with Crippen molar-refractivity contribution < 1.29 is 4.74 Å². The molecule has 0 spiro atoms. The van der Waals surface area contributed by atoms with Gasteiger partial charge in [-0.25, -0.2) is 0 Å². The molecule has 2 atom stereocenters. The van der Waals surface area contributed by atoms with Crippen LogP contribution in [0.15, 0.2) is 24.3 Å². The first-order chi connectivity index (χ1) is 8.15. The van der Waals surface area contributed by atoms with Gasteiger partial charge >= 0.3 is 0 Å². The Bertz CT molecular complexity index is 307. The van der Waals surface area contributed by atoms with Crippen LogP contribution >= 0.6 is 0 Å². The molecule has 0 bridgehead atoms. The highest BCUT2D eigenvalue weighted by molar-refractivity contribution is 5.27. The predicted octanol–water partition coefficient (Wildman–Crippen LogP) is 3.40. The Hall–Kier alpha value is -1.02. The van der Waals surface area contributed by atoms with Gasteiger partial charge in [-0.1, -0.05) is 25.5 Å². The molecular formula is C15H25NO. The number of nitrogens with one attached hydrogen (secondary N) is 1. The molecule has 2 nitrogen and oxygen atoms in total. The average molecular weight is 235 g/mol. The standard InChI is InChI=1S/C15H25NO/c1-5-6-13(3)17-15-9-7-14(8-10-15)11-12(2)16-4/h7-10,12-13,16H,5-6,11H2,1-4H3. The summed E-state index contributed by atoms with van der Waals surface area (Å²) in [5.74, 6) is 0.979. The van der Waals surface area contributed by atoms with Gasteiger partial charge in [-0.05, 0) is 51.4 Å². The van der Waals surface area contributed by atoms with Gasteiger partial charge in [0.2, 0.25) is 0 Å². The lowest BCUT2D eigenvalue weighted by molar-refractivity contribution is 0.210. The van der Waals surface area contributed by atoms with Crippen molar-refractivity contribution in [3.8, 4) is 5.75 Å². The van der Waals surface area contributed by atoms with Crippen LogP contribution in [0.4, 0.5) is 0 Å². The minimum Gasteiger partial charge on any atom is -0.491 e. The number of likely N-dealkylation sites (N-methyl/N-ethyl adjacent to an activating group) is 1. The van der Waals surface area contributed by atoms with Crippen molar-refractivity contribution in [1.29, 1.82) is 0 Å². The first-order valence-electron chi connectivity index (χ1n) is 6.58. The van der Waals surface area contributed by atoms with Crippen LogP contribution in [-0.2, 0) is 6.42 Å². The molecule has 17 heavy (non-hydrogen) atoms. The Labute approximate surface area is 105 Å². The number of rotatable bonds is 7. The molecule has 0 amide bonds. The molecule has 0 aliphatic carbocycles. The summed E-state index contributed by atoms with van der Waals surface area (Å²) in [5.41, 5.74) is 1.35. The Kier molecular flexibility index (Phi) is 6.06. The topological polar surface area (TPSA) is 21.3 Å². The van der Waals surface area contributed by atoms with E-state index in [0.29, 0.717) is 12.1 Å². The molecule has 0 radical (unpaired) electrons. The lowest BCUT2D eigenvalue weighted by Gasteiger charge is -2.15. The van der Waals surface area contributed by atoms with Gasteiger partial charge in [0.25, 0.3) is 0 Å². The molecule has 1 aromatic rings. The summed E-state index contributed by atoms with van der Waals surface area (Å²) in [5, 5.41) is 3.25. The fourth-order valence-electron chi connectivity index (χ4n) is 1.86. The molecule has 0 saturated heterocycles. The van der Waals surface area contributed by atoms with Crippen LogP contribution < -0.4 is 10.1 Å². The number of hydrogen-bond donors (Lipinski definition) is 1. The van der Waals surface area contributed by atoms with E-state index in [4.69, 9.17) is 4.74 Å². The van der Waals surface area contributed by atoms with E-state index < -0.39 is 0 Å². The van der Waals surface area contributed by atoms with Crippen LogP contribution in [0.25, 0.3) is 0 Å². The van der Waals surface area contributed by atoms with Crippen LogP contribution in [0.1, 0.15) is 39.2 Å². The highest BCUT2D eigenvalue weighted by Crippen LogP contribution is 2.16. The van der Waals surface area contributed by atoms with E-state index in [0.717, 1.165) is 18.6 Å². The first kappa shape index (κ1) is 14.0. The quantitative estimate of drug-likeness (QED) is 0.782. The number of hydrogen-bond acceptors (Lipinski definition) is 2. The molecule has 2 heteroatoms. The Balaban J connectivity index is 2.49. The summed E-state index contributed by atoms with van der Waals surface area (Å²) < 4.78 is 5.83. The van der Waals surface area contributed by atoms with Crippen LogP contribution in [-0.4, -0.2) is 19.2 Å². The zero-order valence-electron chi connectivity index (χ0n) is 11.5. The molecule has 0 heterocycles. The maximum Gasteiger partial charge on any atom is 0.119 e. The van der Waals surface area contributed by atoms with Crippen molar-refractivity contribution in [3.63, 3.8) is 0 Å². The van der Waals surface area contributed by atoms with Crippen molar-refractivity contribution in [2.75, 3.05) is 7.05 Å². The molecule has 0 aromatic heterocycles. The highest BCUT2D eigenvalue weighted by atomic mass is 16.5. The zero-order valence-corrected chi connectivity index (χ0v) is 11.5. The fourth-order valence-corrected chi connectivity index (χ4v) is 1.86. The maximum absolute atomic E-state index is 5.83. The van der Waals surface area contributed by atoms with E-state index in [-0.39, 0.29) is 0 Å². The van der Waals surface area contributed by atoms with Crippen LogP contribution in [0.2, 0.25) is 0 Å². The van der Waals surface area contributed by atoms with Gasteiger partial charge in [0.1, 0.15) is 5.75 Å². The molecule has 0 saturated carbocycles. The van der Waals surface area contributed by atoms with E-state index in [9.17, 15) is 0 Å². The van der Waals surface area contributed by atoms with Gasteiger partial charge in [0, 0.05) is 6.04 Å². The summed E-state index contributed by atoms with van der Waals surface area (Å²) in [7, 11) is 1.99. The smallest absolute Gasteiger partial charge is 0.119 e. The van der Waals surface area contributed by atoms with Crippen molar-refractivity contribution in [3.05, 3.63) is 29.8 Å². The van der Waals surface area contributed by atoms with Gasteiger partial charge in [-0.3, -0.25) is 0 Å². The lowest BCUT2D eigenvalue weighted by atomic mass is 10.1. The minimum absolute atomic E-state index is 0.307. The summed E-state index contributed by atoms with van der Waals surface area (Å²) >= 11 is 0. The second-order valence-corrected chi connectivity index (χ2v) is 4.75. The van der Waals surface area contributed by atoms with Gasteiger partial charge in [0.15, 0.2) is 0 Å². The molecule has 2 unspecified atom stereocenters. The highest BCUT2D eigenvalue weighted by Gasteiger charge is 2.04. The SMILES string of the molecule is CCCC(C)Oc1ccc(CC(C)NC)cc1. The summed E-state index contributed by atoms with van der Waals surface area (Å²) in [6.07, 6.45) is 3.64. The Morgan fingerprint density at radius 1 is 1.18 bits per heavy atom. The Morgan fingerprint density at radius 3 is 2.35 bits per heavy atom. The molecule has 0 aliphatic rings. The molecule has 1 rings (SSSR count). The third-order valence-corrected chi connectivity index (χ3v) is 2.99. The number of benzene rings is 1. The lowest BCUT2D eigenvalue weighted by Crippen LogP contribution is -2.23. The number of ether oxygens (including phenoxy) is 1. The van der Waals surface area contributed by atoms with E-state index in [1.807, 2.05) is 7.05 Å². The van der Waals surface area contributed by atoms with Crippen molar-refractivity contribution >= 4 is 0 Å². The molecular weight excluding hydrogens is 210 g/mol. The van der Waals surface area contributed by atoms with Gasteiger partial charge in [-0.2, -0.15) is 0 Å². The Morgan fingerprint density at radius 2 is 1.82 bits per heavy atom. The van der Waals surface area contributed by atoms with E-state index >= 15 is 0 Å². The van der Waals surface area contributed by atoms with E-state index in [1.54, 1.807) is 0 Å².